The molecule has 6 unspecified atom stereocenters. The number of unbranched alkanes of at least 4 members (excludes halogenated alkanes) is 21. The van der Waals surface area contributed by atoms with E-state index in [-0.39, 0.29) is 54.4 Å². The molecule has 12 nitrogen and oxygen atoms in total. The minimum absolute atomic E-state index is 0. The zero-order chi connectivity index (χ0) is 62.0. The average Bonchev–Trinajstić information content (AvgIpc) is 3.69. The van der Waals surface area contributed by atoms with Crippen molar-refractivity contribution in [3.05, 3.63) is 89.5 Å². The second kappa shape index (κ2) is 53.8. The molecule has 3 aromatic rings. The van der Waals surface area contributed by atoms with E-state index in [1.54, 1.807) is 36.4 Å². The number of hydrogen-bond donors (Lipinski definition) is 0. The first-order valence-electron chi connectivity index (χ1n) is 33.7. The number of hydrogen-bond acceptors (Lipinski definition) is 12. The number of aryl methyl sites for hydroxylation is 3. The van der Waals surface area contributed by atoms with Gasteiger partial charge in [0.15, 0.2) is 0 Å². The fourth-order valence-corrected chi connectivity index (χ4v) is 12.2. The quantitative estimate of drug-likeness (QED) is 0.0387. The van der Waals surface area contributed by atoms with Crippen LogP contribution in [0.25, 0.3) is 0 Å². The van der Waals surface area contributed by atoms with E-state index in [0.717, 1.165) is 96.3 Å². The molecular formula is C69H120CoO12P3. The molecule has 0 amide bonds. The minimum Gasteiger partial charge on any atom is -0.746 e. The van der Waals surface area contributed by atoms with E-state index in [1.807, 2.05) is 36.4 Å². The topological polar surface area (TPSA) is 176 Å². The molecule has 0 aliphatic rings. The Balaban J connectivity index is 0.00000124. The van der Waals surface area contributed by atoms with Crippen LogP contribution in [0.15, 0.2) is 72.8 Å². The van der Waals surface area contributed by atoms with Crippen LogP contribution < -0.4 is 28.3 Å². The van der Waals surface area contributed by atoms with Gasteiger partial charge in [-0.15, -0.1) is 0 Å². The Kier molecular flexibility index (Phi) is 52.6. The Hall–Kier alpha value is -1.98. The summed E-state index contributed by atoms with van der Waals surface area (Å²) < 4.78 is 66.9. The number of rotatable bonds is 51. The Labute approximate surface area is 530 Å². The van der Waals surface area contributed by atoms with Crippen LogP contribution in [0.3, 0.4) is 0 Å². The van der Waals surface area contributed by atoms with E-state index in [9.17, 15) is 28.4 Å². The van der Waals surface area contributed by atoms with Gasteiger partial charge in [-0.1, -0.05) is 272 Å². The van der Waals surface area contributed by atoms with Crippen LogP contribution in [-0.4, -0.2) is 19.8 Å². The molecule has 85 heavy (non-hydrogen) atoms. The van der Waals surface area contributed by atoms with Gasteiger partial charge in [-0.25, -0.2) is 0 Å². The summed E-state index contributed by atoms with van der Waals surface area (Å²) in [6.45, 7) is 19.9. The normalized spacial score (nSPS) is 14.4. The molecule has 3 aromatic carbocycles. The van der Waals surface area contributed by atoms with Crippen molar-refractivity contribution >= 4 is 23.5 Å². The van der Waals surface area contributed by atoms with Crippen molar-refractivity contribution < 1.29 is 72.3 Å². The molecule has 0 radical (unpaired) electrons. The van der Waals surface area contributed by atoms with Crippen molar-refractivity contribution in [3.8, 4) is 17.2 Å². The second-order valence-electron chi connectivity index (χ2n) is 23.3. The molecule has 0 aliphatic heterocycles. The van der Waals surface area contributed by atoms with Crippen LogP contribution in [0.5, 0.6) is 17.2 Å². The predicted octanol–water partition coefficient (Wildman–Crippen LogP) is 21.2. The monoisotopic (exact) mass is 1290 g/mol. The van der Waals surface area contributed by atoms with Gasteiger partial charge in [0, 0.05) is 0 Å². The number of benzene rings is 3. The molecule has 0 aromatic heterocycles. The van der Waals surface area contributed by atoms with Crippen molar-refractivity contribution in [3.63, 3.8) is 0 Å². The maximum absolute atomic E-state index is 12.1. The molecule has 0 aliphatic carbocycles. The summed E-state index contributed by atoms with van der Waals surface area (Å²) in [5.41, 5.74) is 3.65. The SMILES string of the molecule is CCCCCCCCCc1ccc(OP(=O)([O-])OCC(CC)CCCC)cc1.CCCCCCCCCc1ccc(OP(=O)([O-])OCC(CC)CCCC)cc1.CCCCCCCCCc1ccc(OP(=O)([O-])OCC(CC)CCCC)cc1.[Co+3]. The third-order valence-electron chi connectivity index (χ3n) is 15.7. The van der Waals surface area contributed by atoms with Gasteiger partial charge in [-0.05, 0) is 129 Å². The molecule has 0 fully saturated rings. The van der Waals surface area contributed by atoms with Crippen LogP contribution in [0.2, 0.25) is 0 Å². The van der Waals surface area contributed by atoms with Crippen molar-refractivity contribution in [2.45, 2.75) is 293 Å². The van der Waals surface area contributed by atoms with Crippen molar-refractivity contribution in [1.82, 2.24) is 0 Å². The predicted molar refractivity (Wildman–Crippen MR) is 347 cm³/mol. The van der Waals surface area contributed by atoms with Crippen LogP contribution in [0.4, 0.5) is 0 Å². The first-order valence-corrected chi connectivity index (χ1v) is 38.1. The molecule has 0 bridgehead atoms. The summed E-state index contributed by atoms with van der Waals surface area (Å²) in [6, 6.07) is 22.0. The standard InChI is InChI=1S/3C23H41O4P.Co/c3*1-4-7-9-10-11-12-13-15-22-16-18-23(19-17-22)27-28(24,25)26-20-21(6-3)14-8-5-2;/h3*16-19,21H,4-15,20H2,1-3H3,(H,24,25);/q;;;+3/p-3. The van der Waals surface area contributed by atoms with E-state index in [0.29, 0.717) is 17.2 Å². The third-order valence-corrected chi connectivity index (χ3v) is 18.4. The van der Waals surface area contributed by atoms with Crippen LogP contribution in [0.1, 0.15) is 291 Å². The molecule has 0 saturated carbocycles. The second-order valence-corrected chi connectivity index (χ2v) is 27.3. The summed E-state index contributed by atoms with van der Waals surface area (Å²) in [5, 5.41) is 0. The van der Waals surface area contributed by atoms with Gasteiger partial charge in [0.25, 0.3) is 0 Å². The first-order chi connectivity index (χ1) is 40.5. The van der Waals surface area contributed by atoms with Gasteiger partial charge in [0.05, 0.1) is 19.8 Å². The molecule has 0 heterocycles. The Bertz CT molecular complexity index is 1880. The molecular weight excluding hydrogens is 1170 g/mol. The Morgan fingerprint density at radius 3 is 0.706 bits per heavy atom. The fourth-order valence-electron chi connectivity index (χ4n) is 9.76. The van der Waals surface area contributed by atoms with Crippen LogP contribution >= 0.6 is 23.5 Å². The molecule has 16 heteroatoms. The largest absolute Gasteiger partial charge is 3.00 e. The van der Waals surface area contributed by atoms with E-state index in [1.165, 1.54) is 152 Å². The summed E-state index contributed by atoms with van der Waals surface area (Å²) in [6.07, 6.45) is 42.4. The molecule has 0 N–H and O–H groups in total. The Morgan fingerprint density at radius 1 is 0.306 bits per heavy atom. The van der Waals surface area contributed by atoms with Crippen LogP contribution in [-0.2, 0) is 63.3 Å². The van der Waals surface area contributed by atoms with Gasteiger partial charge in [-0.3, -0.25) is 13.7 Å². The average molecular weight is 1290 g/mol. The molecule has 0 spiro atoms. The molecule has 6 atom stereocenters. The zero-order valence-electron chi connectivity index (χ0n) is 54.8. The summed E-state index contributed by atoms with van der Waals surface area (Å²) >= 11 is 0. The fraction of sp³-hybridized carbons (Fsp3) is 0.739. The van der Waals surface area contributed by atoms with E-state index in [2.05, 4.69) is 62.3 Å². The van der Waals surface area contributed by atoms with Gasteiger partial charge < -0.3 is 41.8 Å². The number of phosphoric ester groups is 3. The van der Waals surface area contributed by atoms with E-state index in [4.69, 9.17) is 27.1 Å². The smallest absolute Gasteiger partial charge is 0.746 e. The minimum atomic E-state index is -4.32. The Morgan fingerprint density at radius 2 is 0.506 bits per heavy atom. The summed E-state index contributed by atoms with van der Waals surface area (Å²) in [7, 11) is -13.0. The number of phosphoric acid groups is 3. The van der Waals surface area contributed by atoms with E-state index < -0.39 is 23.5 Å². The van der Waals surface area contributed by atoms with Gasteiger partial charge in [-0.2, -0.15) is 0 Å². The van der Waals surface area contributed by atoms with Crippen molar-refractivity contribution in [2.24, 2.45) is 17.8 Å². The summed E-state index contributed by atoms with van der Waals surface area (Å²) in [4.78, 5) is 36.2. The van der Waals surface area contributed by atoms with Crippen molar-refractivity contribution in [2.75, 3.05) is 19.8 Å². The van der Waals surface area contributed by atoms with Crippen LogP contribution in [0, 0.1) is 17.8 Å². The van der Waals surface area contributed by atoms with Gasteiger partial charge in [0.2, 0.25) is 0 Å². The molecule has 3 rings (SSSR count). The molecule has 492 valence electrons. The maximum Gasteiger partial charge on any atom is 3.00 e. The third kappa shape index (κ3) is 46.7. The van der Waals surface area contributed by atoms with Gasteiger partial charge in [0.1, 0.15) is 17.2 Å². The molecule has 0 saturated heterocycles. The van der Waals surface area contributed by atoms with Gasteiger partial charge >= 0.3 is 40.2 Å². The van der Waals surface area contributed by atoms with Crippen molar-refractivity contribution in [1.29, 1.82) is 0 Å². The zero-order valence-corrected chi connectivity index (χ0v) is 58.5. The maximum atomic E-state index is 12.1. The summed E-state index contributed by atoms with van der Waals surface area (Å²) in [5.74, 6) is 1.75. The first kappa shape index (κ1) is 83.0. The van der Waals surface area contributed by atoms with E-state index >= 15 is 0 Å².